The topological polar surface area (TPSA) is 79.5 Å². The fourth-order valence-corrected chi connectivity index (χ4v) is 1.52. The summed E-state index contributed by atoms with van der Waals surface area (Å²) in [5.74, 6) is 0. The van der Waals surface area contributed by atoms with Crippen molar-refractivity contribution in [2.75, 3.05) is 5.32 Å². The standard InChI is InChI=1S/C11H9NO4/c1-6-4-10(13)16-9-3-2-7(5-8(6)9)12-11(14)15/h2-5,12H,1H3,(H,14,15). The van der Waals surface area contributed by atoms with E-state index in [1.807, 2.05) is 0 Å². The SMILES string of the molecule is Cc1cc(=O)oc2ccc(NC(=O)O)cc12. The Kier molecular flexibility index (Phi) is 2.36. The minimum absolute atomic E-state index is 0.413. The third-order valence-corrected chi connectivity index (χ3v) is 2.20. The van der Waals surface area contributed by atoms with Crippen LogP contribution in [0.3, 0.4) is 0 Å². The van der Waals surface area contributed by atoms with Crippen molar-refractivity contribution >= 4 is 22.7 Å². The number of anilines is 1. The number of aryl methyl sites for hydroxylation is 1. The minimum Gasteiger partial charge on any atom is -0.465 e. The van der Waals surface area contributed by atoms with E-state index in [1.54, 1.807) is 25.1 Å². The molecule has 1 aromatic carbocycles. The second kappa shape index (κ2) is 3.69. The maximum atomic E-state index is 11.1. The lowest BCUT2D eigenvalue weighted by atomic mass is 10.1. The number of nitrogens with one attached hydrogen (secondary N) is 1. The van der Waals surface area contributed by atoms with Gasteiger partial charge in [0.1, 0.15) is 5.58 Å². The number of fused-ring (bicyclic) bond motifs is 1. The molecule has 0 unspecified atom stereocenters. The maximum Gasteiger partial charge on any atom is 0.409 e. The average molecular weight is 219 g/mol. The zero-order chi connectivity index (χ0) is 11.7. The molecular formula is C11H9NO4. The Morgan fingerprint density at radius 1 is 1.38 bits per heavy atom. The second-order valence-corrected chi connectivity index (χ2v) is 3.39. The summed E-state index contributed by atoms with van der Waals surface area (Å²) in [6.45, 7) is 1.77. The molecule has 0 bridgehead atoms. The number of hydrogen-bond donors (Lipinski definition) is 2. The van der Waals surface area contributed by atoms with E-state index in [2.05, 4.69) is 5.32 Å². The molecule has 0 radical (unpaired) electrons. The zero-order valence-corrected chi connectivity index (χ0v) is 8.48. The van der Waals surface area contributed by atoms with Crippen molar-refractivity contribution in [2.24, 2.45) is 0 Å². The van der Waals surface area contributed by atoms with E-state index in [0.717, 1.165) is 5.56 Å². The zero-order valence-electron chi connectivity index (χ0n) is 8.48. The van der Waals surface area contributed by atoms with Crippen LogP contribution in [-0.2, 0) is 0 Å². The summed E-state index contributed by atoms with van der Waals surface area (Å²) in [7, 11) is 0. The number of benzene rings is 1. The summed E-state index contributed by atoms with van der Waals surface area (Å²) in [4.78, 5) is 21.5. The summed E-state index contributed by atoms with van der Waals surface area (Å²) in [5, 5.41) is 11.5. The van der Waals surface area contributed by atoms with Crippen molar-refractivity contribution < 1.29 is 14.3 Å². The Morgan fingerprint density at radius 2 is 2.12 bits per heavy atom. The van der Waals surface area contributed by atoms with Crippen molar-refractivity contribution in [3.8, 4) is 0 Å². The Labute approximate surface area is 90.3 Å². The molecule has 2 rings (SSSR count). The monoisotopic (exact) mass is 219 g/mol. The molecule has 5 heteroatoms. The molecule has 2 N–H and O–H groups in total. The molecule has 0 atom stereocenters. The first-order valence-electron chi connectivity index (χ1n) is 4.61. The van der Waals surface area contributed by atoms with Crippen molar-refractivity contribution in [3.63, 3.8) is 0 Å². The highest BCUT2D eigenvalue weighted by Gasteiger charge is 2.04. The molecule has 0 spiro atoms. The van der Waals surface area contributed by atoms with Gasteiger partial charge in [-0.1, -0.05) is 0 Å². The molecule has 1 aromatic heterocycles. The fourth-order valence-electron chi connectivity index (χ4n) is 1.52. The van der Waals surface area contributed by atoms with Gasteiger partial charge >= 0.3 is 11.7 Å². The quantitative estimate of drug-likeness (QED) is 0.720. The number of hydrogen-bond acceptors (Lipinski definition) is 3. The summed E-state index contributed by atoms with van der Waals surface area (Å²) in [6.07, 6.45) is -1.13. The van der Waals surface area contributed by atoms with Crippen LogP contribution < -0.4 is 10.9 Å². The molecule has 0 fully saturated rings. The third-order valence-electron chi connectivity index (χ3n) is 2.20. The largest absolute Gasteiger partial charge is 0.465 e. The molecule has 1 amide bonds. The lowest BCUT2D eigenvalue weighted by Gasteiger charge is -2.04. The predicted molar refractivity (Wildman–Crippen MR) is 58.9 cm³/mol. The third kappa shape index (κ3) is 1.88. The Bertz CT molecular complexity index is 615. The number of amides is 1. The maximum absolute atomic E-state index is 11.1. The van der Waals surface area contributed by atoms with Crippen LogP contribution in [0.1, 0.15) is 5.56 Å². The van der Waals surface area contributed by atoms with E-state index in [9.17, 15) is 9.59 Å². The molecule has 82 valence electrons. The number of carbonyl (C=O) groups is 1. The molecule has 5 nitrogen and oxygen atoms in total. The van der Waals surface area contributed by atoms with Gasteiger partial charge in [0.15, 0.2) is 0 Å². The van der Waals surface area contributed by atoms with E-state index >= 15 is 0 Å². The smallest absolute Gasteiger partial charge is 0.409 e. The summed E-state index contributed by atoms with van der Waals surface area (Å²) in [5.41, 5.74) is 1.22. The van der Waals surface area contributed by atoms with Gasteiger partial charge < -0.3 is 9.52 Å². The van der Waals surface area contributed by atoms with E-state index in [4.69, 9.17) is 9.52 Å². The van der Waals surface area contributed by atoms with Crippen molar-refractivity contribution in [2.45, 2.75) is 6.92 Å². The lowest BCUT2D eigenvalue weighted by Crippen LogP contribution is -2.07. The molecule has 2 aromatic rings. The Hall–Kier alpha value is -2.30. The number of rotatable bonds is 1. The van der Waals surface area contributed by atoms with Gasteiger partial charge in [0.25, 0.3) is 0 Å². The first-order chi connectivity index (χ1) is 7.56. The van der Waals surface area contributed by atoms with Crippen molar-refractivity contribution in [1.82, 2.24) is 0 Å². The van der Waals surface area contributed by atoms with Crippen molar-refractivity contribution in [1.29, 1.82) is 0 Å². The predicted octanol–water partition coefficient (Wildman–Crippen LogP) is 2.19. The first kappa shape index (κ1) is 10.2. The Morgan fingerprint density at radius 3 is 2.81 bits per heavy atom. The first-order valence-corrected chi connectivity index (χ1v) is 4.61. The van der Waals surface area contributed by atoms with Gasteiger partial charge in [-0.2, -0.15) is 0 Å². The van der Waals surface area contributed by atoms with Crippen LogP contribution in [0.25, 0.3) is 11.0 Å². The normalized spacial score (nSPS) is 10.3. The van der Waals surface area contributed by atoms with Crippen LogP contribution in [0.4, 0.5) is 10.5 Å². The molecular weight excluding hydrogens is 210 g/mol. The summed E-state index contributed by atoms with van der Waals surface area (Å²) < 4.78 is 4.97. The van der Waals surface area contributed by atoms with Crippen LogP contribution in [0, 0.1) is 6.92 Å². The molecule has 0 aliphatic rings. The van der Waals surface area contributed by atoms with E-state index in [-0.39, 0.29) is 0 Å². The van der Waals surface area contributed by atoms with E-state index in [1.165, 1.54) is 6.07 Å². The van der Waals surface area contributed by atoms with E-state index in [0.29, 0.717) is 16.7 Å². The average Bonchev–Trinajstić information content (AvgIpc) is 2.18. The molecule has 0 aliphatic heterocycles. The van der Waals surface area contributed by atoms with Crippen molar-refractivity contribution in [3.05, 3.63) is 40.2 Å². The van der Waals surface area contributed by atoms with Gasteiger partial charge in [-0.15, -0.1) is 0 Å². The van der Waals surface area contributed by atoms with Crippen LogP contribution >= 0.6 is 0 Å². The van der Waals surface area contributed by atoms with Crippen LogP contribution in [0.2, 0.25) is 0 Å². The van der Waals surface area contributed by atoms with Crippen LogP contribution in [0.15, 0.2) is 33.5 Å². The highest BCUT2D eigenvalue weighted by molar-refractivity contribution is 5.89. The molecule has 0 aliphatic carbocycles. The second-order valence-electron chi connectivity index (χ2n) is 3.39. The summed E-state index contributed by atoms with van der Waals surface area (Å²) in [6, 6.07) is 6.10. The van der Waals surface area contributed by atoms with Gasteiger partial charge in [0.2, 0.25) is 0 Å². The highest BCUT2D eigenvalue weighted by atomic mass is 16.4. The van der Waals surface area contributed by atoms with Crippen LogP contribution in [0.5, 0.6) is 0 Å². The van der Waals surface area contributed by atoms with E-state index < -0.39 is 11.7 Å². The van der Waals surface area contributed by atoms with Gasteiger partial charge in [-0.25, -0.2) is 9.59 Å². The Balaban J connectivity index is 2.61. The fraction of sp³-hybridized carbons (Fsp3) is 0.0909. The lowest BCUT2D eigenvalue weighted by molar-refractivity contribution is 0.210. The van der Waals surface area contributed by atoms with Gasteiger partial charge in [0.05, 0.1) is 0 Å². The summed E-state index contributed by atoms with van der Waals surface area (Å²) >= 11 is 0. The van der Waals surface area contributed by atoms with Gasteiger partial charge in [-0.05, 0) is 30.7 Å². The molecule has 16 heavy (non-hydrogen) atoms. The minimum atomic E-state index is -1.13. The van der Waals surface area contributed by atoms with Crippen LogP contribution in [-0.4, -0.2) is 11.2 Å². The molecule has 1 heterocycles. The molecule has 0 saturated carbocycles. The number of carboxylic acid groups (broad SMARTS) is 1. The van der Waals surface area contributed by atoms with Gasteiger partial charge in [0, 0.05) is 17.1 Å². The molecule has 0 saturated heterocycles. The van der Waals surface area contributed by atoms with Gasteiger partial charge in [-0.3, -0.25) is 5.32 Å². The highest BCUT2D eigenvalue weighted by Crippen LogP contribution is 2.20.